The molecule has 0 unspecified atom stereocenters. The van der Waals surface area contributed by atoms with Crippen molar-refractivity contribution in [1.29, 1.82) is 5.26 Å². The number of sulfonamides is 1. The first kappa shape index (κ1) is 17.8. The summed E-state index contributed by atoms with van der Waals surface area (Å²) in [6, 6.07) is 10.4. The third kappa shape index (κ3) is 2.72. The largest absolute Gasteiger partial charge is 0.293 e. The first-order valence-electron chi connectivity index (χ1n) is 8.36. The highest BCUT2D eigenvalue weighted by Crippen LogP contribution is 2.52. The summed E-state index contributed by atoms with van der Waals surface area (Å²) in [6.07, 6.45) is 2.29. The maximum Gasteiger partial charge on any atom is 0.243 e. The van der Waals surface area contributed by atoms with Crippen LogP contribution in [0.4, 0.5) is 0 Å². The van der Waals surface area contributed by atoms with Gasteiger partial charge < -0.3 is 0 Å². The van der Waals surface area contributed by atoms with E-state index in [4.69, 9.17) is 0 Å². The Balaban J connectivity index is 2.01. The van der Waals surface area contributed by atoms with Crippen LogP contribution in [-0.2, 0) is 14.8 Å². The summed E-state index contributed by atoms with van der Waals surface area (Å²) in [4.78, 5) is 12.8. The van der Waals surface area contributed by atoms with Crippen molar-refractivity contribution in [3.8, 4) is 6.07 Å². The molecule has 0 N–H and O–H groups in total. The third-order valence-corrected chi connectivity index (χ3v) is 7.52. The summed E-state index contributed by atoms with van der Waals surface area (Å²) in [5.74, 6) is -0.135. The van der Waals surface area contributed by atoms with Crippen LogP contribution in [0, 0.1) is 28.1 Å². The van der Waals surface area contributed by atoms with E-state index in [0.29, 0.717) is 13.0 Å². The fourth-order valence-electron chi connectivity index (χ4n) is 4.43. The van der Waals surface area contributed by atoms with E-state index in [1.165, 1.54) is 4.31 Å². The first-order valence-corrected chi connectivity index (χ1v) is 9.80. The number of carbonyl (C=O) groups excluding carboxylic acids is 1. The standard InChI is InChI=1S/C19H22N2O3S/c1-18(2)16-9-10-21(25(23,24)15-7-5-4-6-8-15)13-19(16,3)11-14(12-20)17(18)22/h4-8,11,16H,9-10,13H2,1-3H3/t16-,19+/m0/s1. The maximum absolute atomic E-state index is 13.0. The highest BCUT2D eigenvalue weighted by Gasteiger charge is 2.54. The predicted octanol–water partition coefficient (Wildman–Crippen LogP) is 2.76. The number of benzene rings is 1. The average Bonchev–Trinajstić information content (AvgIpc) is 2.58. The van der Waals surface area contributed by atoms with Crippen LogP contribution >= 0.6 is 0 Å². The summed E-state index contributed by atoms with van der Waals surface area (Å²) in [6.45, 7) is 6.34. The zero-order chi connectivity index (χ0) is 18.5. The Morgan fingerprint density at radius 2 is 1.84 bits per heavy atom. The number of nitriles is 1. The fourth-order valence-corrected chi connectivity index (χ4v) is 6.03. The van der Waals surface area contributed by atoms with E-state index in [1.54, 1.807) is 36.4 Å². The van der Waals surface area contributed by atoms with Gasteiger partial charge in [-0.25, -0.2) is 8.42 Å². The number of ketones is 1. The molecule has 1 heterocycles. The van der Waals surface area contributed by atoms with Gasteiger partial charge in [-0.2, -0.15) is 9.57 Å². The lowest BCUT2D eigenvalue weighted by Crippen LogP contribution is -2.56. The van der Waals surface area contributed by atoms with Gasteiger partial charge in [0, 0.05) is 23.9 Å². The van der Waals surface area contributed by atoms with Gasteiger partial charge in [-0.1, -0.05) is 45.0 Å². The summed E-state index contributed by atoms with van der Waals surface area (Å²) in [5.41, 5.74) is -1.07. The van der Waals surface area contributed by atoms with Gasteiger partial charge in [0.15, 0.2) is 5.78 Å². The van der Waals surface area contributed by atoms with Gasteiger partial charge >= 0.3 is 0 Å². The van der Waals surface area contributed by atoms with Crippen LogP contribution in [0.15, 0.2) is 46.9 Å². The Morgan fingerprint density at radius 1 is 1.20 bits per heavy atom. The van der Waals surface area contributed by atoms with E-state index in [9.17, 15) is 18.5 Å². The van der Waals surface area contributed by atoms with Crippen molar-refractivity contribution >= 4 is 15.8 Å². The molecule has 1 aliphatic carbocycles. The molecule has 2 aliphatic rings. The van der Waals surface area contributed by atoms with Gasteiger partial charge in [0.1, 0.15) is 6.07 Å². The number of carbonyl (C=O) groups is 1. The van der Waals surface area contributed by atoms with Gasteiger partial charge in [-0.3, -0.25) is 4.79 Å². The van der Waals surface area contributed by atoms with Gasteiger partial charge in [0.05, 0.1) is 10.5 Å². The Morgan fingerprint density at radius 3 is 2.44 bits per heavy atom. The molecule has 6 heteroatoms. The molecule has 1 aromatic carbocycles. The summed E-state index contributed by atoms with van der Waals surface area (Å²) in [7, 11) is -3.59. The lowest BCUT2D eigenvalue weighted by atomic mass is 9.55. The van der Waals surface area contributed by atoms with Crippen LogP contribution in [0.3, 0.4) is 0 Å². The Labute approximate surface area is 149 Å². The second-order valence-electron chi connectivity index (χ2n) is 7.72. The van der Waals surface area contributed by atoms with E-state index >= 15 is 0 Å². The zero-order valence-corrected chi connectivity index (χ0v) is 15.5. The van der Waals surface area contributed by atoms with E-state index in [1.807, 2.05) is 26.8 Å². The molecule has 1 saturated heterocycles. The lowest BCUT2D eigenvalue weighted by Gasteiger charge is -2.52. The smallest absolute Gasteiger partial charge is 0.243 e. The number of Topliss-reactive ketones (excluding diaryl/α,β-unsaturated/α-hetero) is 1. The number of rotatable bonds is 2. The van der Waals surface area contributed by atoms with Crippen molar-refractivity contribution in [2.24, 2.45) is 16.7 Å². The van der Waals surface area contributed by atoms with Crippen molar-refractivity contribution in [2.75, 3.05) is 13.1 Å². The molecule has 1 aromatic rings. The molecule has 0 bridgehead atoms. The second-order valence-corrected chi connectivity index (χ2v) is 9.66. The molecule has 1 aliphatic heterocycles. The van der Waals surface area contributed by atoms with Crippen LogP contribution in [-0.4, -0.2) is 31.6 Å². The SMILES string of the molecule is CC1(C)C(=O)C(C#N)=C[C@]2(C)CN(S(=O)(=O)c3ccccc3)CC[C@@H]12. The topological polar surface area (TPSA) is 78.2 Å². The molecular formula is C19H22N2O3S. The quantitative estimate of drug-likeness (QED) is 0.814. The normalized spacial score (nSPS) is 29.4. The molecule has 0 aromatic heterocycles. The highest BCUT2D eigenvalue weighted by molar-refractivity contribution is 7.89. The van der Waals surface area contributed by atoms with Crippen LogP contribution < -0.4 is 0 Å². The van der Waals surface area contributed by atoms with Gasteiger partial charge in [0.25, 0.3) is 0 Å². The van der Waals surface area contributed by atoms with E-state index < -0.39 is 20.9 Å². The van der Waals surface area contributed by atoms with Crippen LogP contribution in [0.2, 0.25) is 0 Å². The minimum absolute atomic E-state index is 0.00632. The molecule has 0 amide bonds. The minimum Gasteiger partial charge on any atom is -0.293 e. The molecular weight excluding hydrogens is 336 g/mol. The second kappa shape index (κ2) is 5.79. The van der Waals surface area contributed by atoms with E-state index in [-0.39, 0.29) is 28.7 Å². The lowest BCUT2D eigenvalue weighted by molar-refractivity contribution is -0.131. The van der Waals surface area contributed by atoms with E-state index in [0.717, 1.165) is 0 Å². The van der Waals surface area contributed by atoms with Crippen molar-refractivity contribution in [3.05, 3.63) is 42.0 Å². The zero-order valence-electron chi connectivity index (χ0n) is 14.7. The molecule has 132 valence electrons. The van der Waals surface area contributed by atoms with Crippen molar-refractivity contribution < 1.29 is 13.2 Å². The molecule has 0 radical (unpaired) electrons. The monoisotopic (exact) mass is 358 g/mol. The number of hydrogen-bond donors (Lipinski definition) is 0. The Hall–Kier alpha value is -1.97. The van der Waals surface area contributed by atoms with Gasteiger partial charge in [-0.05, 0) is 24.5 Å². The van der Waals surface area contributed by atoms with Crippen molar-refractivity contribution in [3.63, 3.8) is 0 Å². The number of nitrogens with zero attached hydrogens (tertiary/aromatic N) is 2. The average molecular weight is 358 g/mol. The number of hydrogen-bond acceptors (Lipinski definition) is 4. The minimum atomic E-state index is -3.59. The van der Waals surface area contributed by atoms with Gasteiger partial charge in [0.2, 0.25) is 10.0 Å². The summed E-state index contributed by atoms with van der Waals surface area (Å²) < 4.78 is 27.4. The molecule has 0 saturated carbocycles. The molecule has 5 nitrogen and oxygen atoms in total. The maximum atomic E-state index is 13.0. The number of allylic oxidation sites excluding steroid dienone is 1. The number of piperidine rings is 1. The summed E-state index contributed by atoms with van der Waals surface area (Å²) in [5, 5.41) is 9.33. The van der Waals surface area contributed by atoms with Gasteiger partial charge in [-0.15, -0.1) is 0 Å². The predicted molar refractivity (Wildman–Crippen MR) is 93.9 cm³/mol. The Bertz CT molecular complexity index is 881. The summed E-state index contributed by atoms with van der Waals surface area (Å²) >= 11 is 0. The molecule has 25 heavy (non-hydrogen) atoms. The Kier molecular flexibility index (Phi) is 4.13. The van der Waals surface area contributed by atoms with Crippen molar-refractivity contribution in [1.82, 2.24) is 4.31 Å². The number of fused-ring (bicyclic) bond motifs is 1. The molecule has 0 spiro atoms. The van der Waals surface area contributed by atoms with Crippen molar-refractivity contribution in [2.45, 2.75) is 32.1 Å². The third-order valence-electron chi connectivity index (χ3n) is 5.66. The molecule has 1 fully saturated rings. The van der Waals surface area contributed by atoms with Crippen LogP contribution in [0.25, 0.3) is 0 Å². The fraction of sp³-hybridized carbons (Fsp3) is 0.474. The molecule has 3 rings (SSSR count). The first-order chi connectivity index (χ1) is 11.6. The molecule has 2 atom stereocenters. The van der Waals surface area contributed by atoms with E-state index in [2.05, 4.69) is 0 Å². The van der Waals surface area contributed by atoms with Crippen LogP contribution in [0.5, 0.6) is 0 Å². The highest BCUT2D eigenvalue weighted by atomic mass is 32.2. The van der Waals surface area contributed by atoms with Crippen LogP contribution in [0.1, 0.15) is 27.2 Å².